The normalized spacial score (nSPS) is 11.5. The van der Waals surface area contributed by atoms with E-state index >= 15 is 0 Å². The highest BCUT2D eigenvalue weighted by Gasteiger charge is 2.15. The van der Waals surface area contributed by atoms with Crippen molar-refractivity contribution in [1.82, 2.24) is 4.90 Å². The third-order valence-corrected chi connectivity index (χ3v) is 6.02. The smallest absolute Gasteiger partial charge is 0.222 e. The fourth-order valence-electron chi connectivity index (χ4n) is 3.99. The van der Waals surface area contributed by atoms with Gasteiger partial charge in [-0.05, 0) is 37.4 Å². The molecule has 0 aliphatic carbocycles. The summed E-state index contributed by atoms with van der Waals surface area (Å²) in [6.07, 6.45) is 9.63. The van der Waals surface area contributed by atoms with E-state index in [1.165, 1.54) is 31.2 Å². The minimum Gasteiger partial charge on any atom is -0.493 e. The van der Waals surface area contributed by atoms with Crippen LogP contribution in [0, 0.1) is 0 Å². The van der Waals surface area contributed by atoms with E-state index in [-0.39, 0.29) is 18.3 Å². The molecule has 0 fully saturated rings. The Morgan fingerprint density at radius 2 is 1.64 bits per heavy atom. The maximum absolute atomic E-state index is 12.5. The summed E-state index contributed by atoms with van der Waals surface area (Å²) in [6.45, 7) is 4.16. The van der Waals surface area contributed by atoms with Gasteiger partial charge in [-0.2, -0.15) is 0 Å². The molecule has 5 heteroatoms. The van der Waals surface area contributed by atoms with Gasteiger partial charge in [0.05, 0.1) is 6.61 Å². The SMILES string of the molecule is CCCCCCC(COc1ccccc1CN(C)C(=O)CCCCCN)c1ccccc1.Cl. The van der Waals surface area contributed by atoms with Gasteiger partial charge in [0.1, 0.15) is 5.75 Å². The van der Waals surface area contributed by atoms with Crippen molar-refractivity contribution in [3.63, 3.8) is 0 Å². The van der Waals surface area contributed by atoms with Crippen LogP contribution in [0.15, 0.2) is 54.6 Å². The van der Waals surface area contributed by atoms with Gasteiger partial charge in [-0.15, -0.1) is 12.4 Å². The molecule has 184 valence electrons. The van der Waals surface area contributed by atoms with Crippen LogP contribution in [-0.4, -0.2) is 31.0 Å². The Morgan fingerprint density at radius 3 is 2.36 bits per heavy atom. The van der Waals surface area contributed by atoms with E-state index in [2.05, 4.69) is 43.3 Å². The zero-order chi connectivity index (χ0) is 23.0. The highest BCUT2D eigenvalue weighted by Crippen LogP contribution is 2.26. The molecule has 0 bridgehead atoms. The van der Waals surface area contributed by atoms with Crippen molar-refractivity contribution in [3.8, 4) is 5.75 Å². The van der Waals surface area contributed by atoms with Crippen LogP contribution in [0.5, 0.6) is 5.75 Å². The van der Waals surface area contributed by atoms with Crippen LogP contribution in [0.4, 0.5) is 0 Å². The molecule has 0 saturated carbocycles. The quantitative estimate of drug-likeness (QED) is 0.275. The molecule has 1 unspecified atom stereocenters. The number of rotatable bonds is 16. The molecule has 4 nitrogen and oxygen atoms in total. The van der Waals surface area contributed by atoms with Crippen LogP contribution in [0.25, 0.3) is 0 Å². The maximum atomic E-state index is 12.5. The molecule has 0 heterocycles. The first kappa shape index (κ1) is 29.0. The van der Waals surface area contributed by atoms with Crippen LogP contribution in [0.2, 0.25) is 0 Å². The molecule has 0 radical (unpaired) electrons. The van der Waals surface area contributed by atoms with E-state index in [0.29, 0.717) is 32.0 Å². The summed E-state index contributed by atoms with van der Waals surface area (Å²) in [5.41, 5.74) is 7.94. The van der Waals surface area contributed by atoms with Gasteiger partial charge in [-0.25, -0.2) is 0 Å². The summed E-state index contributed by atoms with van der Waals surface area (Å²) >= 11 is 0. The standard InChI is InChI=1S/C28H42N2O2.ClH/c1-3-4-5-8-18-26(24-15-9-6-10-16-24)23-32-27-19-13-12-17-25(27)22-30(2)28(31)20-11-7-14-21-29;/h6,9-10,12-13,15-17,19,26H,3-5,7-8,11,14,18,20-23,29H2,1-2H3;1H. The number of nitrogens with two attached hydrogens (primary N) is 1. The lowest BCUT2D eigenvalue weighted by Gasteiger charge is -2.22. The highest BCUT2D eigenvalue weighted by molar-refractivity contribution is 5.85. The Morgan fingerprint density at radius 1 is 0.939 bits per heavy atom. The van der Waals surface area contributed by atoms with Gasteiger partial charge in [0.2, 0.25) is 5.91 Å². The van der Waals surface area contributed by atoms with Crippen LogP contribution in [-0.2, 0) is 11.3 Å². The van der Waals surface area contributed by atoms with Gasteiger partial charge in [-0.1, -0.05) is 87.6 Å². The minimum atomic E-state index is 0. The van der Waals surface area contributed by atoms with Gasteiger partial charge >= 0.3 is 0 Å². The number of halogens is 1. The van der Waals surface area contributed by atoms with Crippen LogP contribution in [0.3, 0.4) is 0 Å². The average Bonchev–Trinajstić information content (AvgIpc) is 2.82. The fraction of sp³-hybridized carbons (Fsp3) is 0.536. The maximum Gasteiger partial charge on any atom is 0.222 e. The van der Waals surface area contributed by atoms with Gasteiger partial charge in [0, 0.05) is 31.5 Å². The van der Waals surface area contributed by atoms with Gasteiger partial charge < -0.3 is 15.4 Å². The van der Waals surface area contributed by atoms with E-state index in [0.717, 1.165) is 37.0 Å². The summed E-state index contributed by atoms with van der Waals surface area (Å²) in [5.74, 6) is 1.43. The van der Waals surface area contributed by atoms with Crippen molar-refractivity contribution in [2.24, 2.45) is 5.73 Å². The number of hydrogen-bond donors (Lipinski definition) is 1. The second kappa shape index (κ2) is 17.4. The van der Waals surface area contributed by atoms with Gasteiger partial charge in [-0.3, -0.25) is 4.79 Å². The first-order valence-electron chi connectivity index (χ1n) is 12.3. The van der Waals surface area contributed by atoms with E-state index in [4.69, 9.17) is 10.5 Å². The Bertz CT molecular complexity index is 770. The highest BCUT2D eigenvalue weighted by atomic mass is 35.5. The average molecular weight is 475 g/mol. The summed E-state index contributed by atoms with van der Waals surface area (Å²) in [4.78, 5) is 14.3. The van der Waals surface area contributed by atoms with Gasteiger partial charge in [0.15, 0.2) is 0 Å². The molecule has 0 saturated heterocycles. The Balaban J connectivity index is 0.00000544. The Kier molecular flexibility index (Phi) is 15.3. The van der Waals surface area contributed by atoms with Gasteiger partial charge in [0.25, 0.3) is 0 Å². The van der Waals surface area contributed by atoms with E-state index in [1.807, 2.05) is 30.1 Å². The number of amides is 1. The number of ether oxygens (including phenoxy) is 1. The predicted molar refractivity (Wildman–Crippen MR) is 141 cm³/mol. The summed E-state index contributed by atoms with van der Waals surface area (Å²) in [7, 11) is 1.88. The monoisotopic (exact) mass is 474 g/mol. The van der Waals surface area contributed by atoms with E-state index in [9.17, 15) is 4.79 Å². The third kappa shape index (κ3) is 11.1. The number of carbonyl (C=O) groups excluding carboxylic acids is 1. The molecule has 0 aliphatic heterocycles. The molecule has 1 atom stereocenters. The summed E-state index contributed by atoms with van der Waals surface area (Å²) in [6, 6.07) is 18.8. The lowest BCUT2D eigenvalue weighted by molar-refractivity contribution is -0.130. The molecular formula is C28H43ClN2O2. The van der Waals surface area contributed by atoms with Crippen LogP contribution < -0.4 is 10.5 Å². The molecule has 2 N–H and O–H groups in total. The van der Waals surface area contributed by atoms with Crippen molar-refractivity contribution >= 4 is 18.3 Å². The fourth-order valence-corrected chi connectivity index (χ4v) is 3.99. The lowest BCUT2D eigenvalue weighted by atomic mass is 9.93. The largest absolute Gasteiger partial charge is 0.493 e. The molecule has 2 rings (SSSR count). The van der Waals surface area contributed by atoms with Crippen LogP contribution >= 0.6 is 12.4 Å². The zero-order valence-corrected chi connectivity index (χ0v) is 21.3. The molecule has 2 aromatic rings. The second-order valence-corrected chi connectivity index (χ2v) is 8.72. The molecule has 1 amide bonds. The van der Waals surface area contributed by atoms with E-state index < -0.39 is 0 Å². The Hall–Kier alpha value is -2.04. The molecule has 0 aromatic heterocycles. The topological polar surface area (TPSA) is 55.6 Å². The Labute approximate surface area is 207 Å². The van der Waals surface area contributed by atoms with Crippen molar-refractivity contribution < 1.29 is 9.53 Å². The first-order chi connectivity index (χ1) is 15.7. The number of unbranched alkanes of at least 4 members (excludes halogenated alkanes) is 5. The van der Waals surface area contributed by atoms with Crippen molar-refractivity contribution in [3.05, 3.63) is 65.7 Å². The molecule has 2 aromatic carbocycles. The number of para-hydroxylation sites is 1. The third-order valence-electron chi connectivity index (χ3n) is 6.02. The first-order valence-corrected chi connectivity index (χ1v) is 12.3. The number of hydrogen-bond acceptors (Lipinski definition) is 3. The molecule has 33 heavy (non-hydrogen) atoms. The minimum absolute atomic E-state index is 0. The predicted octanol–water partition coefficient (Wildman–Crippen LogP) is 6.72. The molecular weight excluding hydrogens is 432 g/mol. The summed E-state index contributed by atoms with van der Waals surface area (Å²) < 4.78 is 6.35. The molecule has 0 spiro atoms. The second-order valence-electron chi connectivity index (χ2n) is 8.72. The van der Waals surface area contributed by atoms with Crippen molar-refractivity contribution in [2.45, 2.75) is 77.2 Å². The summed E-state index contributed by atoms with van der Waals surface area (Å²) in [5, 5.41) is 0. The van der Waals surface area contributed by atoms with E-state index in [1.54, 1.807) is 0 Å². The number of benzene rings is 2. The molecule has 0 aliphatic rings. The van der Waals surface area contributed by atoms with Crippen molar-refractivity contribution in [1.29, 1.82) is 0 Å². The number of carbonyl (C=O) groups is 1. The zero-order valence-electron chi connectivity index (χ0n) is 20.5. The lowest BCUT2D eigenvalue weighted by Crippen LogP contribution is -2.26. The van der Waals surface area contributed by atoms with Crippen LogP contribution in [0.1, 0.15) is 81.8 Å². The van der Waals surface area contributed by atoms with Crippen molar-refractivity contribution in [2.75, 3.05) is 20.2 Å². The number of nitrogens with zero attached hydrogens (tertiary/aromatic N) is 1.